The standard InChI is InChI=1S/C12H25N2P/c1-4-14(2)8-10-9-15(3)12-7-13-6-5-11(10)12/h10-13H,4-9H2,1-3H3/t10?,11-,12?,15?/m0/s1. The highest BCUT2D eigenvalue weighted by atomic mass is 31.1. The SMILES string of the molecule is CCN(C)CC1CP(C)C2CNCC[C@@H]12. The smallest absolute Gasteiger partial charge is 0.00216 e. The van der Waals surface area contributed by atoms with Crippen LogP contribution in [0.3, 0.4) is 0 Å². The molecule has 0 aromatic carbocycles. The number of rotatable bonds is 3. The third-order valence-electron chi connectivity index (χ3n) is 4.28. The van der Waals surface area contributed by atoms with Crippen molar-refractivity contribution in [2.45, 2.75) is 19.0 Å². The third kappa shape index (κ3) is 2.54. The van der Waals surface area contributed by atoms with Gasteiger partial charge in [0.15, 0.2) is 0 Å². The van der Waals surface area contributed by atoms with Crippen LogP contribution in [0, 0.1) is 11.8 Å². The first-order valence-corrected chi connectivity index (χ1v) is 8.36. The van der Waals surface area contributed by atoms with Crippen molar-refractivity contribution in [2.75, 3.05) is 46.1 Å². The third-order valence-corrected chi connectivity index (χ3v) is 7.03. The fraction of sp³-hybridized carbons (Fsp3) is 1.00. The average Bonchev–Trinajstić information content (AvgIpc) is 2.57. The van der Waals surface area contributed by atoms with Gasteiger partial charge in [0.1, 0.15) is 0 Å². The highest BCUT2D eigenvalue weighted by Gasteiger charge is 2.41. The fourth-order valence-corrected chi connectivity index (χ4v) is 6.14. The molecule has 0 amide bonds. The van der Waals surface area contributed by atoms with Crippen LogP contribution in [-0.4, -0.2) is 56.6 Å². The molecule has 2 saturated heterocycles. The van der Waals surface area contributed by atoms with Gasteiger partial charge < -0.3 is 10.2 Å². The van der Waals surface area contributed by atoms with E-state index < -0.39 is 0 Å². The second kappa shape index (κ2) is 5.12. The Kier molecular flexibility index (Phi) is 4.04. The lowest BCUT2D eigenvalue weighted by atomic mass is 9.86. The lowest BCUT2D eigenvalue weighted by Crippen LogP contribution is -2.41. The molecule has 4 atom stereocenters. The summed E-state index contributed by atoms with van der Waals surface area (Å²) < 4.78 is 0. The molecular formula is C12H25N2P. The van der Waals surface area contributed by atoms with Crippen LogP contribution in [0.4, 0.5) is 0 Å². The van der Waals surface area contributed by atoms with Crippen molar-refractivity contribution in [3.63, 3.8) is 0 Å². The highest BCUT2D eigenvalue weighted by Crippen LogP contribution is 2.54. The Bertz CT molecular complexity index is 210. The molecule has 2 heterocycles. The number of nitrogens with one attached hydrogen (secondary N) is 1. The second-order valence-corrected chi connectivity index (χ2v) is 7.82. The maximum Gasteiger partial charge on any atom is 0.00216 e. The summed E-state index contributed by atoms with van der Waals surface area (Å²) >= 11 is 0. The quantitative estimate of drug-likeness (QED) is 0.739. The van der Waals surface area contributed by atoms with Crippen molar-refractivity contribution in [3.05, 3.63) is 0 Å². The molecule has 1 N–H and O–H groups in total. The van der Waals surface area contributed by atoms with Crippen molar-refractivity contribution in [1.29, 1.82) is 0 Å². The Hall–Kier alpha value is 0.350. The predicted octanol–water partition coefficient (Wildman–Crippen LogP) is 1.66. The Balaban J connectivity index is 1.95. The molecule has 0 aromatic rings. The molecule has 15 heavy (non-hydrogen) atoms. The maximum absolute atomic E-state index is 3.58. The van der Waals surface area contributed by atoms with Crippen LogP contribution < -0.4 is 5.32 Å². The number of hydrogen-bond acceptors (Lipinski definition) is 2. The van der Waals surface area contributed by atoms with Crippen LogP contribution >= 0.6 is 7.92 Å². The molecule has 2 rings (SSSR count). The first kappa shape index (κ1) is 11.8. The van der Waals surface area contributed by atoms with Gasteiger partial charge in [0.25, 0.3) is 0 Å². The van der Waals surface area contributed by atoms with Gasteiger partial charge in [-0.25, -0.2) is 0 Å². The molecule has 2 aliphatic rings. The zero-order valence-corrected chi connectivity index (χ0v) is 11.3. The molecule has 0 radical (unpaired) electrons. The predicted molar refractivity (Wildman–Crippen MR) is 69.1 cm³/mol. The van der Waals surface area contributed by atoms with E-state index in [0.29, 0.717) is 7.92 Å². The van der Waals surface area contributed by atoms with Gasteiger partial charge in [-0.1, -0.05) is 6.92 Å². The monoisotopic (exact) mass is 228 g/mol. The van der Waals surface area contributed by atoms with Crippen LogP contribution in [0.25, 0.3) is 0 Å². The summed E-state index contributed by atoms with van der Waals surface area (Å²) in [6, 6.07) is 0. The minimum Gasteiger partial charge on any atom is -0.316 e. The normalized spacial score (nSPS) is 40.8. The van der Waals surface area contributed by atoms with E-state index in [1.54, 1.807) is 0 Å². The van der Waals surface area contributed by atoms with Crippen molar-refractivity contribution in [3.8, 4) is 0 Å². The topological polar surface area (TPSA) is 15.3 Å². The van der Waals surface area contributed by atoms with Gasteiger partial charge in [-0.15, -0.1) is 7.92 Å². The second-order valence-electron chi connectivity index (χ2n) is 5.28. The summed E-state index contributed by atoms with van der Waals surface area (Å²) in [5.41, 5.74) is 1.03. The van der Waals surface area contributed by atoms with E-state index in [2.05, 4.69) is 30.9 Å². The van der Waals surface area contributed by atoms with Gasteiger partial charge in [-0.3, -0.25) is 0 Å². The summed E-state index contributed by atoms with van der Waals surface area (Å²) in [4.78, 5) is 2.50. The summed E-state index contributed by atoms with van der Waals surface area (Å²) in [7, 11) is 2.58. The van der Waals surface area contributed by atoms with E-state index in [4.69, 9.17) is 0 Å². The zero-order chi connectivity index (χ0) is 10.8. The van der Waals surface area contributed by atoms with Crippen LogP contribution in [0.5, 0.6) is 0 Å². The first-order valence-electron chi connectivity index (χ1n) is 6.32. The van der Waals surface area contributed by atoms with Gasteiger partial charge >= 0.3 is 0 Å². The Morgan fingerprint density at radius 3 is 3.00 bits per heavy atom. The summed E-state index contributed by atoms with van der Waals surface area (Å²) in [6.45, 7) is 9.89. The number of fused-ring (bicyclic) bond motifs is 1. The van der Waals surface area contributed by atoms with Crippen molar-refractivity contribution in [1.82, 2.24) is 10.2 Å². The number of hydrogen-bond donors (Lipinski definition) is 1. The Morgan fingerprint density at radius 2 is 2.27 bits per heavy atom. The van der Waals surface area contributed by atoms with E-state index in [0.717, 1.165) is 17.5 Å². The minimum atomic E-state index is 0.313. The van der Waals surface area contributed by atoms with Crippen LogP contribution in [0.1, 0.15) is 13.3 Å². The Morgan fingerprint density at radius 1 is 1.47 bits per heavy atom. The molecule has 0 saturated carbocycles. The van der Waals surface area contributed by atoms with Crippen molar-refractivity contribution >= 4 is 7.92 Å². The van der Waals surface area contributed by atoms with E-state index in [-0.39, 0.29) is 0 Å². The molecule has 3 unspecified atom stereocenters. The molecule has 0 aromatic heterocycles. The summed E-state index contributed by atoms with van der Waals surface area (Å²) in [5.74, 6) is 2.04. The first-order chi connectivity index (χ1) is 7.22. The Labute approximate surface area is 95.6 Å². The highest BCUT2D eigenvalue weighted by molar-refractivity contribution is 7.58. The molecule has 2 fully saturated rings. The van der Waals surface area contributed by atoms with Crippen molar-refractivity contribution in [2.24, 2.45) is 11.8 Å². The average molecular weight is 228 g/mol. The van der Waals surface area contributed by atoms with Crippen LogP contribution in [0.15, 0.2) is 0 Å². The molecule has 2 aliphatic heterocycles. The summed E-state index contributed by atoms with van der Waals surface area (Å²) in [5, 5.41) is 3.58. The van der Waals surface area contributed by atoms with E-state index in [1.165, 1.54) is 38.8 Å². The molecule has 88 valence electrons. The molecule has 0 spiro atoms. The van der Waals surface area contributed by atoms with Crippen LogP contribution in [-0.2, 0) is 0 Å². The van der Waals surface area contributed by atoms with Crippen molar-refractivity contribution < 1.29 is 0 Å². The zero-order valence-electron chi connectivity index (χ0n) is 10.4. The maximum atomic E-state index is 3.58. The lowest BCUT2D eigenvalue weighted by molar-refractivity contribution is 0.226. The van der Waals surface area contributed by atoms with Gasteiger partial charge in [0.05, 0.1) is 0 Å². The van der Waals surface area contributed by atoms with Gasteiger partial charge in [0.2, 0.25) is 0 Å². The molecular weight excluding hydrogens is 203 g/mol. The molecule has 0 bridgehead atoms. The fourth-order valence-electron chi connectivity index (χ4n) is 3.26. The summed E-state index contributed by atoms with van der Waals surface area (Å²) in [6.07, 6.45) is 2.95. The van der Waals surface area contributed by atoms with E-state index >= 15 is 0 Å². The molecule has 3 heteroatoms. The number of piperidine rings is 1. The van der Waals surface area contributed by atoms with E-state index in [9.17, 15) is 0 Å². The van der Waals surface area contributed by atoms with Gasteiger partial charge in [0, 0.05) is 13.1 Å². The van der Waals surface area contributed by atoms with Crippen LogP contribution in [0.2, 0.25) is 0 Å². The van der Waals surface area contributed by atoms with Gasteiger partial charge in [-0.2, -0.15) is 0 Å². The lowest BCUT2D eigenvalue weighted by Gasteiger charge is -2.32. The largest absolute Gasteiger partial charge is 0.316 e. The minimum absolute atomic E-state index is 0.313. The van der Waals surface area contributed by atoms with Gasteiger partial charge in [-0.05, 0) is 56.9 Å². The van der Waals surface area contributed by atoms with E-state index in [1.807, 2.05) is 0 Å². The number of nitrogens with zero attached hydrogens (tertiary/aromatic N) is 1. The molecule has 0 aliphatic carbocycles. The molecule has 2 nitrogen and oxygen atoms in total.